The first kappa shape index (κ1) is 18.4. The fourth-order valence-electron chi connectivity index (χ4n) is 3.09. The minimum atomic E-state index is -0.386. The SMILES string of the molecule is Cc1ccc(NC(=O)[C@@H]2CCCN2Sc2ccccc2[N+](=O)[O-])c(C)c1. The number of aryl methyl sites for hydroxylation is 2. The summed E-state index contributed by atoms with van der Waals surface area (Å²) in [6.45, 7) is 4.71. The zero-order valence-electron chi connectivity index (χ0n) is 14.8. The molecule has 1 fully saturated rings. The largest absolute Gasteiger partial charge is 0.324 e. The van der Waals surface area contributed by atoms with Gasteiger partial charge in [-0.15, -0.1) is 0 Å². The highest BCUT2D eigenvalue weighted by molar-refractivity contribution is 7.97. The zero-order valence-corrected chi connectivity index (χ0v) is 15.6. The molecule has 1 amide bonds. The number of hydrogen-bond acceptors (Lipinski definition) is 5. The summed E-state index contributed by atoms with van der Waals surface area (Å²) in [7, 11) is 0. The normalized spacial score (nSPS) is 17.2. The first-order valence-electron chi connectivity index (χ1n) is 8.52. The van der Waals surface area contributed by atoms with Crippen molar-refractivity contribution >= 4 is 29.2 Å². The number of hydrogen-bond donors (Lipinski definition) is 1. The first-order valence-corrected chi connectivity index (χ1v) is 9.29. The lowest BCUT2D eigenvalue weighted by atomic mass is 10.1. The fraction of sp³-hybridized carbons (Fsp3) is 0.316. The van der Waals surface area contributed by atoms with Crippen molar-refractivity contribution in [1.29, 1.82) is 0 Å². The van der Waals surface area contributed by atoms with Gasteiger partial charge in [-0.2, -0.15) is 0 Å². The molecule has 0 saturated carbocycles. The monoisotopic (exact) mass is 371 g/mol. The number of carbonyl (C=O) groups is 1. The fourth-order valence-corrected chi connectivity index (χ4v) is 4.27. The summed E-state index contributed by atoms with van der Waals surface area (Å²) in [6, 6.07) is 12.2. The van der Waals surface area contributed by atoms with Crippen LogP contribution < -0.4 is 5.32 Å². The number of carbonyl (C=O) groups excluding carboxylic acids is 1. The van der Waals surface area contributed by atoms with Gasteiger partial charge in [0.05, 0.1) is 11.0 Å². The number of benzene rings is 2. The van der Waals surface area contributed by atoms with E-state index >= 15 is 0 Å². The van der Waals surface area contributed by atoms with Crippen LogP contribution in [0.5, 0.6) is 0 Å². The van der Waals surface area contributed by atoms with Gasteiger partial charge in [0.1, 0.15) is 4.90 Å². The van der Waals surface area contributed by atoms with E-state index < -0.39 is 0 Å². The van der Waals surface area contributed by atoms with E-state index in [-0.39, 0.29) is 22.6 Å². The Labute approximate surface area is 156 Å². The van der Waals surface area contributed by atoms with Crippen LogP contribution in [0.2, 0.25) is 0 Å². The number of nitro groups is 1. The molecule has 1 saturated heterocycles. The van der Waals surface area contributed by atoms with Crippen LogP contribution in [0.15, 0.2) is 47.4 Å². The molecule has 2 aromatic rings. The van der Waals surface area contributed by atoms with E-state index in [1.54, 1.807) is 18.2 Å². The number of amides is 1. The van der Waals surface area contributed by atoms with E-state index in [0.29, 0.717) is 4.90 Å². The molecule has 0 radical (unpaired) electrons. The maximum absolute atomic E-state index is 12.8. The summed E-state index contributed by atoms with van der Waals surface area (Å²) in [6.07, 6.45) is 1.63. The average Bonchev–Trinajstić information content (AvgIpc) is 3.06. The number of para-hydroxylation sites is 1. The highest BCUT2D eigenvalue weighted by atomic mass is 32.2. The lowest BCUT2D eigenvalue weighted by molar-refractivity contribution is -0.387. The molecule has 7 heteroatoms. The highest BCUT2D eigenvalue weighted by Crippen LogP contribution is 2.36. The molecule has 1 heterocycles. The molecule has 26 heavy (non-hydrogen) atoms. The second kappa shape index (κ2) is 7.88. The van der Waals surface area contributed by atoms with E-state index in [0.717, 1.165) is 36.2 Å². The van der Waals surface area contributed by atoms with Crippen LogP contribution in [-0.2, 0) is 4.79 Å². The van der Waals surface area contributed by atoms with Gasteiger partial charge in [-0.1, -0.05) is 29.8 Å². The van der Waals surface area contributed by atoms with Gasteiger partial charge < -0.3 is 5.32 Å². The Kier molecular flexibility index (Phi) is 5.58. The summed E-state index contributed by atoms with van der Waals surface area (Å²) in [5.41, 5.74) is 3.05. The zero-order chi connectivity index (χ0) is 18.7. The molecule has 1 atom stereocenters. The minimum Gasteiger partial charge on any atom is -0.324 e. The molecular weight excluding hydrogens is 350 g/mol. The van der Waals surface area contributed by atoms with Crippen LogP contribution in [-0.4, -0.2) is 27.7 Å². The van der Waals surface area contributed by atoms with Crippen LogP contribution in [0, 0.1) is 24.0 Å². The van der Waals surface area contributed by atoms with Crippen LogP contribution in [0.1, 0.15) is 24.0 Å². The second-order valence-corrected chi connectivity index (χ2v) is 7.51. The third kappa shape index (κ3) is 4.05. The molecule has 0 aliphatic carbocycles. The lowest BCUT2D eigenvalue weighted by Crippen LogP contribution is -2.35. The van der Waals surface area contributed by atoms with E-state index in [1.807, 2.05) is 36.4 Å². The Hall–Kier alpha value is -2.38. The van der Waals surface area contributed by atoms with Gasteiger partial charge in [-0.05, 0) is 56.3 Å². The number of nitrogens with one attached hydrogen (secondary N) is 1. The smallest absolute Gasteiger partial charge is 0.284 e. The van der Waals surface area contributed by atoms with Crippen LogP contribution in [0.25, 0.3) is 0 Å². The van der Waals surface area contributed by atoms with Gasteiger partial charge in [0, 0.05) is 18.3 Å². The molecule has 1 aliphatic rings. The standard InChI is InChI=1S/C19H21N3O3S/c1-13-9-10-15(14(2)12-13)20-19(23)17-7-5-11-21(17)26-18-8-4-3-6-16(18)22(24)25/h3-4,6,8-10,12,17H,5,7,11H2,1-2H3,(H,20,23)/t17-/m0/s1. The van der Waals surface area contributed by atoms with Crippen molar-refractivity contribution in [3.8, 4) is 0 Å². The summed E-state index contributed by atoms with van der Waals surface area (Å²) in [4.78, 5) is 24.2. The quantitative estimate of drug-likeness (QED) is 0.481. The Morgan fingerprint density at radius 2 is 2.04 bits per heavy atom. The first-order chi connectivity index (χ1) is 12.5. The maximum Gasteiger partial charge on any atom is 0.284 e. The Morgan fingerprint density at radius 1 is 1.27 bits per heavy atom. The number of nitrogens with zero attached hydrogens (tertiary/aromatic N) is 2. The Bertz CT molecular complexity index is 841. The molecule has 6 nitrogen and oxygen atoms in total. The molecule has 0 unspecified atom stereocenters. The van der Waals surface area contributed by atoms with Gasteiger partial charge >= 0.3 is 0 Å². The van der Waals surface area contributed by atoms with Crippen molar-refractivity contribution in [1.82, 2.24) is 4.31 Å². The summed E-state index contributed by atoms with van der Waals surface area (Å²) in [5.74, 6) is -0.0689. The van der Waals surface area contributed by atoms with Crippen molar-refractivity contribution in [3.63, 3.8) is 0 Å². The van der Waals surface area contributed by atoms with Crippen molar-refractivity contribution in [3.05, 3.63) is 63.7 Å². The third-order valence-electron chi connectivity index (χ3n) is 4.42. The number of anilines is 1. The molecule has 136 valence electrons. The van der Waals surface area contributed by atoms with Crippen molar-refractivity contribution < 1.29 is 9.72 Å². The van der Waals surface area contributed by atoms with Crippen molar-refractivity contribution in [2.24, 2.45) is 0 Å². The van der Waals surface area contributed by atoms with E-state index in [9.17, 15) is 14.9 Å². The van der Waals surface area contributed by atoms with Crippen molar-refractivity contribution in [2.45, 2.75) is 37.6 Å². The number of nitro benzene ring substituents is 1. The summed E-state index contributed by atoms with van der Waals surface area (Å²) >= 11 is 1.29. The molecule has 2 aromatic carbocycles. The molecule has 0 spiro atoms. The third-order valence-corrected chi connectivity index (χ3v) is 5.64. The summed E-state index contributed by atoms with van der Waals surface area (Å²) < 4.78 is 1.95. The van der Waals surface area contributed by atoms with Gasteiger partial charge in [0.25, 0.3) is 5.69 Å². The Morgan fingerprint density at radius 3 is 2.77 bits per heavy atom. The highest BCUT2D eigenvalue weighted by Gasteiger charge is 2.33. The predicted molar refractivity (Wildman–Crippen MR) is 103 cm³/mol. The lowest BCUT2D eigenvalue weighted by Gasteiger charge is -2.22. The van der Waals surface area contributed by atoms with Crippen molar-refractivity contribution in [2.75, 3.05) is 11.9 Å². The van der Waals surface area contributed by atoms with Gasteiger partial charge in [-0.25, -0.2) is 4.31 Å². The molecule has 0 bridgehead atoms. The maximum atomic E-state index is 12.8. The molecule has 0 aromatic heterocycles. The second-order valence-electron chi connectivity index (χ2n) is 6.42. The van der Waals surface area contributed by atoms with Crippen LogP contribution in [0.3, 0.4) is 0 Å². The van der Waals surface area contributed by atoms with Crippen LogP contribution in [0.4, 0.5) is 11.4 Å². The Balaban J connectivity index is 1.74. The van der Waals surface area contributed by atoms with E-state index in [2.05, 4.69) is 5.32 Å². The van der Waals surface area contributed by atoms with E-state index in [1.165, 1.54) is 18.0 Å². The van der Waals surface area contributed by atoms with Gasteiger partial charge in [-0.3, -0.25) is 14.9 Å². The molecule has 1 N–H and O–H groups in total. The molecular formula is C19H21N3O3S. The van der Waals surface area contributed by atoms with Crippen LogP contribution >= 0.6 is 11.9 Å². The summed E-state index contributed by atoms with van der Waals surface area (Å²) in [5, 5.41) is 14.2. The topological polar surface area (TPSA) is 75.5 Å². The van der Waals surface area contributed by atoms with Gasteiger partial charge in [0.2, 0.25) is 5.91 Å². The average molecular weight is 371 g/mol. The minimum absolute atomic E-state index is 0.0675. The molecule has 1 aliphatic heterocycles. The van der Waals surface area contributed by atoms with Gasteiger partial charge in [0.15, 0.2) is 0 Å². The number of rotatable bonds is 5. The van der Waals surface area contributed by atoms with E-state index in [4.69, 9.17) is 0 Å². The predicted octanol–water partition coefficient (Wildman–Crippen LogP) is 4.32. The molecule has 3 rings (SSSR count).